The Hall–Kier alpha value is -3.67. The number of aromatic nitrogens is 1. The van der Waals surface area contributed by atoms with Crippen molar-refractivity contribution >= 4 is 35.0 Å². The van der Waals surface area contributed by atoms with Gasteiger partial charge in [0.05, 0.1) is 37.5 Å². The second kappa shape index (κ2) is 13.1. The number of carbonyl (C=O) groups excluding carboxylic acids is 4. The molecule has 1 aromatic carbocycles. The molecular weight excluding hydrogens is 536 g/mol. The van der Waals surface area contributed by atoms with Crippen LogP contribution in [0.1, 0.15) is 71.3 Å². The van der Waals surface area contributed by atoms with E-state index >= 15 is 0 Å². The van der Waals surface area contributed by atoms with Gasteiger partial charge in [-0.25, -0.2) is 9.78 Å². The first-order chi connectivity index (χ1) is 18.9. The highest BCUT2D eigenvalue weighted by Gasteiger charge is 2.34. The summed E-state index contributed by atoms with van der Waals surface area (Å²) < 4.78 is 16.2. The molecule has 2 bridgehead atoms. The van der Waals surface area contributed by atoms with E-state index in [-0.39, 0.29) is 42.1 Å². The summed E-state index contributed by atoms with van der Waals surface area (Å²) in [4.78, 5) is 59.5. The van der Waals surface area contributed by atoms with Crippen LogP contribution < -0.4 is 20.1 Å². The molecule has 11 nitrogen and oxygen atoms in total. The molecule has 0 aliphatic carbocycles. The van der Waals surface area contributed by atoms with E-state index in [0.29, 0.717) is 16.3 Å². The van der Waals surface area contributed by atoms with Gasteiger partial charge >= 0.3 is 5.97 Å². The zero-order valence-corrected chi connectivity index (χ0v) is 25.0. The zero-order chi connectivity index (χ0) is 29.7. The summed E-state index contributed by atoms with van der Waals surface area (Å²) in [5.41, 5.74) is 0.860. The molecule has 0 radical (unpaired) electrons. The van der Waals surface area contributed by atoms with Crippen LogP contribution in [0.5, 0.6) is 11.5 Å². The van der Waals surface area contributed by atoms with Crippen LogP contribution in [0.15, 0.2) is 18.2 Å². The largest absolute Gasteiger partial charge is 0.493 e. The van der Waals surface area contributed by atoms with E-state index in [0.717, 1.165) is 5.01 Å². The smallest absolute Gasteiger partial charge is 0.349 e. The molecule has 3 amide bonds. The van der Waals surface area contributed by atoms with Gasteiger partial charge in [0.2, 0.25) is 12.0 Å². The Kier molecular flexibility index (Phi) is 10.1. The van der Waals surface area contributed by atoms with Crippen LogP contribution in [0.4, 0.5) is 0 Å². The van der Waals surface area contributed by atoms with Crippen LogP contribution in [0.2, 0.25) is 0 Å². The number of thiazole rings is 1. The van der Waals surface area contributed by atoms with Crippen LogP contribution in [0.3, 0.4) is 0 Å². The Balaban J connectivity index is 2.07. The summed E-state index contributed by atoms with van der Waals surface area (Å²) in [6, 6.07) is 3.29. The lowest BCUT2D eigenvalue weighted by Crippen LogP contribution is -2.54. The Morgan fingerprint density at radius 1 is 1.15 bits per heavy atom. The van der Waals surface area contributed by atoms with Crippen molar-refractivity contribution in [2.24, 2.45) is 5.92 Å². The predicted molar refractivity (Wildman–Crippen MR) is 150 cm³/mol. The molecule has 3 rings (SSSR count). The summed E-state index contributed by atoms with van der Waals surface area (Å²) in [5.74, 6) is -1.48. The highest BCUT2D eigenvalue weighted by molar-refractivity contribution is 7.13. The fraction of sp³-hybridized carbons (Fsp3) is 0.536. The molecule has 0 unspecified atom stereocenters. The lowest BCUT2D eigenvalue weighted by Gasteiger charge is -2.31. The summed E-state index contributed by atoms with van der Waals surface area (Å²) in [6.45, 7) is 11.0. The molecule has 40 heavy (non-hydrogen) atoms. The first kappa shape index (κ1) is 30.9. The lowest BCUT2D eigenvalue weighted by atomic mass is 10.0. The highest BCUT2D eigenvalue weighted by atomic mass is 32.1. The SMILES string of the molecule is COC(=O)[C@@H]1Oc2cc(ccc2OC)C(=O)N[C@@H](C(C)C)CN(C(=O)c2sc(C(C)C)nc2C)CC(=O)N[C@H]1C. The molecule has 1 aliphatic rings. The van der Waals surface area contributed by atoms with Gasteiger partial charge in [0.1, 0.15) is 4.88 Å². The minimum atomic E-state index is -1.26. The minimum Gasteiger partial charge on any atom is -0.493 e. The third kappa shape index (κ3) is 7.09. The van der Waals surface area contributed by atoms with Crippen LogP contribution in [-0.4, -0.2) is 79.1 Å². The maximum atomic E-state index is 13.8. The third-order valence-electron chi connectivity index (χ3n) is 6.62. The molecule has 12 heteroatoms. The second-order valence-electron chi connectivity index (χ2n) is 10.4. The number of nitrogens with one attached hydrogen (secondary N) is 2. The van der Waals surface area contributed by atoms with Crippen LogP contribution in [-0.2, 0) is 14.3 Å². The summed E-state index contributed by atoms with van der Waals surface area (Å²) in [7, 11) is 2.65. The number of aryl methyl sites for hydroxylation is 1. The quantitative estimate of drug-likeness (QED) is 0.521. The number of hydrogen-bond donors (Lipinski definition) is 2. The molecular formula is C28H38N4O7S. The van der Waals surface area contributed by atoms with Gasteiger partial charge in [0.15, 0.2) is 11.5 Å². The van der Waals surface area contributed by atoms with E-state index < -0.39 is 36.0 Å². The average molecular weight is 575 g/mol. The molecule has 0 spiro atoms. The average Bonchev–Trinajstić information content (AvgIpc) is 3.30. The minimum absolute atomic E-state index is 0.0689. The van der Waals surface area contributed by atoms with E-state index in [9.17, 15) is 19.2 Å². The van der Waals surface area contributed by atoms with Crippen molar-refractivity contribution in [2.45, 2.75) is 65.6 Å². The van der Waals surface area contributed by atoms with Crippen molar-refractivity contribution in [3.8, 4) is 11.5 Å². The molecule has 1 aromatic heterocycles. The van der Waals surface area contributed by atoms with Crippen molar-refractivity contribution in [3.63, 3.8) is 0 Å². The Morgan fingerprint density at radius 2 is 1.85 bits per heavy atom. The molecule has 0 saturated heterocycles. The Morgan fingerprint density at radius 3 is 2.42 bits per heavy atom. The van der Waals surface area contributed by atoms with Crippen molar-refractivity contribution in [2.75, 3.05) is 27.3 Å². The fourth-order valence-corrected chi connectivity index (χ4v) is 5.24. The number of benzene rings is 1. The molecule has 1 aliphatic heterocycles. The molecule has 3 atom stereocenters. The van der Waals surface area contributed by atoms with Crippen molar-refractivity contribution in [3.05, 3.63) is 39.3 Å². The maximum Gasteiger partial charge on any atom is 0.349 e. The van der Waals surface area contributed by atoms with E-state index in [4.69, 9.17) is 14.2 Å². The first-order valence-electron chi connectivity index (χ1n) is 13.2. The number of amides is 3. The van der Waals surface area contributed by atoms with Crippen LogP contribution in [0.25, 0.3) is 0 Å². The Labute approximate surface area is 238 Å². The normalized spacial score (nSPS) is 20.4. The maximum absolute atomic E-state index is 13.8. The standard InChI is InChI=1S/C28H38N4O7S/c1-14(2)19-12-32(27(35)24-17(6)30-26(40-24)15(3)4)13-22(33)29-16(5)23(28(36)38-8)39-21-11-18(25(34)31-19)9-10-20(21)37-7/h9-11,14-16,19,23H,12-13H2,1-8H3,(H,29,33)(H,31,34)/t16-,19+,23+/m0/s1. The number of rotatable bonds is 5. The second-order valence-corrected chi connectivity index (χ2v) is 11.4. The molecule has 2 aromatic rings. The lowest BCUT2D eigenvalue weighted by molar-refractivity contribution is -0.150. The van der Waals surface area contributed by atoms with Crippen molar-refractivity contribution < 1.29 is 33.4 Å². The van der Waals surface area contributed by atoms with E-state index in [2.05, 4.69) is 15.6 Å². The van der Waals surface area contributed by atoms with Gasteiger partial charge in [-0.2, -0.15) is 0 Å². The van der Waals surface area contributed by atoms with E-state index in [1.807, 2.05) is 27.7 Å². The van der Waals surface area contributed by atoms with Crippen LogP contribution >= 0.6 is 11.3 Å². The zero-order valence-electron chi connectivity index (χ0n) is 24.2. The number of methoxy groups -OCH3 is 2. The van der Waals surface area contributed by atoms with Gasteiger partial charge in [-0.05, 0) is 38.0 Å². The topological polar surface area (TPSA) is 136 Å². The Bertz CT molecular complexity index is 1260. The van der Waals surface area contributed by atoms with Gasteiger partial charge in [0, 0.05) is 24.1 Å². The van der Waals surface area contributed by atoms with E-state index in [1.54, 1.807) is 26.0 Å². The highest BCUT2D eigenvalue weighted by Crippen LogP contribution is 2.30. The number of fused-ring (bicyclic) bond motifs is 2. The number of hydrogen-bond acceptors (Lipinski definition) is 9. The first-order valence-corrected chi connectivity index (χ1v) is 14.0. The number of esters is 1. The van der Waals surface area contributed by atoms with Gasteiger partial charge in [-0.3, -0.25) is 14.4 Å². The van der Waals surface area contributed by atoms with Gasteiger partial charge < -0.3 is 29.7 Å². The molecule has 0 fully saturated rings. The molecule has 218 valence electrons. The number of carbonyl (C=O) groups is 4. The van der Waals surface area contributed by atoms with Gasteiger partial charge in [-0.1, -0.05) is 27.7 Å². The van der Waals surface area contributed by atoms with Crippen LogP contribution in [0, 0.1) is 12.8 Å². The molecule has 2 N–H and O–H groups in total. The summed E-state index contributed by atoms with van der Waals surface area (Å²) in [6.07, 6.45) is -1.26. The summed E-state index contributed by atoms with van der Waals surface area (Å²) >= 11 is 1.30. The van der Waals surface area contributed by atoms with Gasteiger partial charge in [-0.15, -0.1) is 11.3 Å². The van der Waals surface area contributed by atoms with Crippen molar-refractivity contribution in [1.82, 2.24) is 20.5 Å². The van der Waals surface area contributed by atoms with Crippen molar-refractivity contribution in [1.29, 1.82) is 0 Å². The van der Waals surface area contributed by atoms with Gasteiger partial charge in [0.25, 0.3) is 11.8 Å². The molecule has 2 heterocycles. The number of ether oxygens (including phenoxy) is 3. The number of nitrogens with zero attached hydrogens (tertiary/aromatic N) is 2. The molecule has 0 saturated carbocycles. The third-order valence-corrected chi connectivity index (χ3v) is 8.06. The fourth-order valence-electron chi connectivity index (χ4n) is 4.20. The monoisotopic (exact) mass is 574 g/mol. The predicted octanol–water partition coefficient (Wildman–Crippen LogP) is 2.92. The van der Waals surface area contributed by atoms with E-state index in [1.165, 1.54) is 36.5 Å². The summed E-state index contributed by atoms with van der Waals surface area (Å²) in [5, 5.41) is 6.59.